The summed E-state index contributed by atoms with van der Waals surface area (Å²) in [6.45, 7) is 6.19. The Bertz CT molecular complexity index is 551. The number of amides is 1. The van der Waals surface area contributed by atoms with Crippen molar-refractivity contribution in [2.45, 2.75) is 33.3 Å². The molecule has 0 saturated carbocycles. The molecule has 1 aromatic rings. The van der Waals surface area contributed by atoms with Gasteiger partial charge in [0.15, 0.2) is 5.82 Å². The summed E-state index contributed by atoms with van der Waals surface area (Å²) in [5, 5.41) is 12.0. The number of hydroxylamine groups is 1. The molecule has 0 aliphatic carbocycles. The maximum atomic E-state index is 12.1. The van der Waals surface area contributed by atoms with E-state index in [1.807, 2.05) is 0 Å². The van der Waals surface area contributed by atoms with Crippen molar-refractivity contribution in [2.24, 2.45) is 5.16 Å². The second kappa shape index (κ2) is 6.69. The van der Waals surface area contributed by atoms with Crippen molar-refractivity contribution in [1.82, 2.24) is 4.98 Å². The molecule has 8 heteroatoms. The van der Waals surface area contributed by atoms with E-state index in [1.165, 1.54) is 6.07 Å². The lowest BCUT2D eigenvalue weighted by atomic mass is 10.2. The van der Waals surface area contributed by atoms with Crippen LogP contribution in [0, 0.1) is 0 Å². The third kappa shape index (κ3) is 5.47. The van der Waals surface area contributed by atoms with E-state index >= 15 is 0 Å². The highest BCUT2D eigenvalue weighted by atomic mass is 16.8. The van der Waals surface area contributed by atoms with Crippen LogP contribution in [0.15, 0.2) is 23.4 Å². The molecule has 0 radical (unpaired) electrons. The molecule has 1 aromatic heterocycles. The molecule has 8 nitrogen and oxygen atoms in total. The highest BCUT2D eigenvalue weighted by molar-refractivity contribution is 5.87. The highest BCUT2D eigenvalue weighted by Crippen LogP contribution is 2.17. The topological polar surface area (TPSA) is 101 Å². The Kier molecular flexibility index (Phi) is 5.23. The molecule has 1 N–H and O–H groups in total. The minimum absolute atomic E-state index is 0.0249. The monoisotopic (exact) mass is 295 g/mol. The van der Waals surface area contributed by atoms with Crippen molar-refractivity contribution in [1.29, 1.82) is 0 Å². The summed E-state index contributed by atoms with van der Waals surface area (Å²) in [6.07, 6.45) is 0.188. The maximum absolute atomic E-state index is 12.1. The summed E-state index contributed by atoms with van der Waals surface area (Å²) < 4.78 is 5.14. The number of rotatable bonds is 2. The predicted molar refractivity (Wildman–Crippen MR) is 74.1 cm³/mol. The molecule has 1 heterocycles. The van der Waals surface area contributed by atoms with Crippen molar-refractivity contribution < 1.29 is 24.4 Å². The molecule has 0 aromatic carbocycles. The molecular weight excluding hydrogens is 278 g/mol. The molecule has 0 aliphatic heterocycles. The molecule has 0 aliphatic rings. The lowest BCUT2D eigenvalue weighted by Gasteiger charge is -2.25. The van der Waals surface area contributed by atoms with Gasteiger partial charge in [-0.15, -0.1) is 0 Å². The van der Waals surface area contributed by atoms with Gasteiger partial charge in [0.25, 0.3) is 0 Å². The number of carbonyl (C=O) groups excluding carboxylic acids is 2. The predicted octanol–water partition coefficient (Wildman–Crippen LogP) is 2.11. The van der Waals surface area contributed by atoms with Crippen molar-refractivity contribution in [3.8, 4) is 0 Å². The largest absolute Gasteiger partial charge is 0.450 e. The van der Waals surface area contributed by atoms with Gasteiger partial charge < -0.3 is 14.8 Å². The van der Waals surface area contributed by atoms with E-state index in [2.05, 4.69) is 10.1 Å². The average Bonchev–Trinajstić information content (AvgIpc) is 2.34. The fourth-order valence-electron chi connectivity index (χ4n) is 1.29. The maximum Gasteiger partial charge on any atom is 0.450 e. The fourth-order valence-corrected chi connectivity index (χ4v) is 1.29. The zero-order valence-electron chi connectivity index (χ0n) is 12.2. The van der Waals surface area contributed by atoms with E-state index in [0.29, 0.717) is 5.06 Å². The number of ether oxygens (including phenoxy) is 1. The van der Waals surface area contributed by atoms with Crippen molar-refractivity contribution in [3.63, 3.8) is 0 Å². The first-order chi connectivity index (χ1) is 9.73. The summed E-state index contributed by atoms with van der Waals surface area (Å²) in [7, 11) is 0. The Balaban J connectivity index is 3.10. The molecule has 0 fully saturated rings. The summed E-state index contributed by atoms with van der Waals surface area (Å²) in [6, 6.07) is 4.55. The Morgan fingerprint density at radius 1 is 1.38 bits per heavy atom. The Morgan fingerprint density at radius 3 is 2.57 bits per heavy atom. The summed E-state index contributed by atoms with van der Waals surface area (Å²) in [4.78, 5) is 32.0. The van der Waals surface area contributed by atoms with Gasteiger partial charge in [0.1, 0.15) is 5.60 Å². The first-order valence-corrected chi connectivity index (χ1v) is 6.09. The van der Waals surface area contributed by atoms with Gasteiger partial charge in [0.2, 0.25) is 0 Å². The van der Waals surface area contributed by atoms with Gasteiger partial charge >= 0.3 is 12.1 Å². The second-order valence-electron chi connectivity index (χ2n) is 5.02. The number of hydrogen-bond acceptors (Lipinski definition) is 7. The van der Waals surface area contributed by atoms with Gasteiger partial charge in [-0.05, 0) is 32.9 Å². The van der Waals surface area contributed by atoms with Gasteiger partial charge in [0.05, 0.1) is 11.9 Å². The van der Waals surface area contributed by atoms with Crippen molar-refractivity contribution in [2.75, 3.05) is 5.06 Å². The Hall–Kier alpha value is -2.64. The average molecular weight is 295 g/mol. The number of hydrogen-bond donors (Lipinski definition) is 1. The van der Waals surface area contributed by atoms with Crippen molar-refractivity contribution in [3.05, 3.63) is 23.9 Å². The van der Waals surface area contributed by atoms with E-state index in [-0.39, 0.29) is 11.5 Å². The quantitative estimate of drug-likeness (QED) is 0.509. The standard InChI is InChI=1S/C13H17N3O5/c1-9(17)21-16(12(18)20-13(2,3)4)11-7-5-6-10(15-11)8-14-19/h5-8,19H,1-4H3. The molecule has 0 atom stereocenters. The van der Waals surface area contributed by atoms with Crippen LogP contribution in [0.3, 0.4) is 0 Å². The van der Waals surface area contributed by atoms with E-state index in [4.69, 9.17) is 14.8 Å². The van der Waals surface area contributed by atoms with Crippen LogP contribution in [0.2, 0.25) is 0 Å². The number of nitrogens with zero attached hydrogens (tertiary/aromatic N) is 3. The molecule has 0 bridgehead atoms. The van der Waals surface area contributed by atoms with Crippen LogP contribution in [0.5, 0.6) is 0 Å². The van der Waals surface area contributed by atoms with Crippen LogP contribution in [0.4, 0.5) is 10.6 Å². The van der Waals surface area contributed by atoms with E-state index in [9.17, 15) is 9.59 Å². The first kappa shape index (κ1) is 16.4. The smallest absolute Gasteiger partial charge is 0.441 e. The molecule has 0 unspecified atom stereocenters. The molecule has 114 valence electrons. The highest BCUT2D eigenvalue weighted by Gasteiger charge is 2.27. The summed E-state index contributed by atoms with van der Waals surface area (Å²) in [5.41, 5.74) is -0.490. The normalized spacial score (nSPS) is 11.2. The SMILES string of the molecule is CC(=O)ON(C(=O)OC(C)(C)C)c1cccc(C=NO)n1. The minimum atomic E-state index is -0.886. The van der Waals surface area contributed by atoms with Gasteiger partial charge in [0, 0.05) is 6.92 Å². The third-order valence-corrected chi connectivity index (χ3v) is 1.93. The van der Waals surface area contributed by atoms with Crippen LogP contribution in [0.25, 0.3) is 0 Å². The zero-order valence-corrected chi connectivity index (χ0v) is 12.2. The van der Waals surface area contributed by atoms with Crippen molar-refractivity contribution >= 4 is 24.1 Å². The van der Waals surface area contributed by atoms with E-state index < -0.39 is 17.7 Å². The van der Waals surface area contributed by atoms with Crippen LogP contribution in [-0.2, 0) is 14.4 Å². The molecule has 1 rings (SSSR count). The van der Waals surface area contributed by atoms with E-state index in [0.717, 1.165) is 13.1 Å². The van der Waals surface area contributed by atoms with Gasteiger partial charge in [-0.1, -0.05) is 16.3 Å². The number of aromatic nitrogens is 1. The van der Waals surface area contributed by atoms with Crippen LogP contribution >= 0.6 is 0 Å². The molecule has 1 amide bonds. The van der Waals surface area contributed by atoms with Gasteiger partial charge in [-0.3, -0.25) is 0 Å². The minimum Gasteiger partial charge on any atom is -0.441 e. The van der Waals surface area contributed by atoms with Gasteiger partial charge in [-0.25, -0.2) is 14.6 Å². The molecule has 0 saturated heterocycles. The van der Waals surface area contributed by atoms with Gasteiger partial charge in [-0.2, -0.15) is 0 Å². The second-order valence-corrected chi connectivity index (χ2v) is 5.02. The molecule has 21 heavy (non-hydrogen) atoms. The Labute approximate surface area is 121 Å². The first-order valence-electron chi connectivity index (χ1n) is 6.09. The number of pyridine rings is 1. The van der Waals surface area contributed by atoms with Crippen LogP contribution in [0.1, 0.15) is 33.4 Å². The third-order valence-electron chi connectivity index (χ3n) is 1.93. The lowest BCUT2D eigenvalue weighted by Crippen LogP contribution is -2.38. The number of oxime groups is 1. The Morgan fingerprint density at radius 2 is 2.05 bits per heavy atom. The van der Waals surface area contributed by atoms with Crippen LogP contribution < -0.4 is 5.06 Å². The summed E-state index contributed by atoms with van der Waals surface area (Å²) in [5.74, 6) is -0.680. The number of anilines is 1. The molecular formula is C13H17N3O5. The van der Waals surface area contributed by atoms with E-state index in [1.54, 1.807) is 32.9 Å². The summed E-state index contributed by atoms with van der Waals surface area (Å²) >= 11 is 0. The fraction of sp³-hybridized carbons (Fsp3) is 0.385. The lowest BCUT2D eigenvalue weighted by molar-refractivity contribution is -0.142. The molecule has 0 spiro atoms. The number of carbonyl (C=O) groups is 2. The van der Waals surface area contributed by atoms with Crippen LogP contribution in [-0.4, -0.2) is 34.1 Å². The zero-order chi connectivity index (χ0) is 16.0.